The highest BCUT2D eigenvalue weighted by atomic mass is 19.1. The molecule has 2 heterocycles. The van der Waals surface area contributed by atoms with Gasteiger partial charge in [0.25, 0.3) is 11.5 Å². The summed E-state index contributed by atoms with van der Waals surface area (Å²) in [6.07, 6.45) is 1.40. The maximum Gasteiger partial charge on any atom is 0.294 e. The maximum absolute atomic E-state index is 14.5. The second-order valence-electron chi connectivity index (χ2n) is 11.5. The van der Waals surface area contributed by atoms with E-state index in [1.807, 2.05) is 42.5 Å². The molecule has 1 N–H and O–H groups in total. The van der Waals surface area contributed by atoms with Gasteiger partial charge in [-0.2, -0.15) is 0 Å². The quantitative estimate of drug-likeness (QED) is 0.0959. The average molecular weight is 656 g/mol. The lowest BCUT2D eigenvalue weighted by atomic mass is 10.0. The number of ketones is 1. The van der Waals surface area contributed by atoms with Crippen LogP contribution in [0.4, 0.5) is 23.2 Å². The molecule has 1 aliphatic heterocycles. The Kier molecular flexibility index (Phi) is 9.11. The second-order valence-corrected chi connectivity index (χ2v) is 11.5. The van der Waals surface area contributed by atoms with Crippen molar-refractivity contribution in [2.24, 2.45) is 0 Å². The van der Waals surface area contributed by atoms with Crippen molar-refractivity contribution in [3.05, 3.63) is 153 Å². The van der Waals surface area contributed by atoms with E-state index < -0.39 is 63.8 Å². The number of nitrogens with zero attached hydrogens (tertiary/aromatic N) is 3. The van der Waals surface area contributed by atoms with Crippen LogP contribution in [-0.2, 0) is 22.6 Å². The first-order valence-corrected chi connectivity index (χ1v) is 15.2. The first kappa shape index (κ1) is 32.2. The van der Waals surface area contributed by atoms with Gasteiger partial charge in [0, 0.05) is 79.2 Å². The number of aliphatic hydroxyl groups is 1. The summed E-state index contributed by atoms with van der Waals surface area (Å²) in [5.74, 6) is -6.86. The summed E-state index contributed by atoms with van der Waals surface area (Å²) in [7, 11) is 0. The minimum absolute atomic E-state index is 0.0913. The molecule has 0 atom stereocenters. The minimum atomic E-state index is -1.16. The molecule has 48 heavy (non-hydrogen) atoms. The molecular weight excluding hydrogens is 626 g/mol. The third kappa shape index (κ3) is 6.71. The zero-order valence-electron chi connectivity index (χ0n) is 25.5. The lowest BCUT2D eigenvalue weighted by molar-refractivity contribution is -0.142. The van der Waals surface area contributed by atoms with Crippen LogP contribution in [0.25, 0.3) is 16.5 Å². The molecular formula is C37H29F4N3O4. The molecule has 0 spiro atoms. The number of amides is 1. The van der Waals surface area contributed by atoms with Gasteiger partial charge in [-0.05, 0) is 29.1 Å². The number of fused-ring (bicyclic) bond motifs is 1. The number of halogens is 4. The van der Waals surface area contributed by atoms with Gasteiger partial charge in [-0.1, -0.05) is 54.6 Å². The van der Waals surface area contributed by atoms with E-state index in [2.05, 4.69) is 4.90 Å². The number of pyridine rings is 1. The van der Waals surface area contributed by atoms with E-state index in [1.54, 1.807) is 6.07 Å². The number of hydrogen-bond acceptors (Lipinski definition) is 5. The van der Waals surface area contributed by atoms with Crippen LogP contribution < -0.4 is 10.5 Å². The summed E-state index contributed by atoms with van der Waals surface area (Å²) in [4.78, 5) is 43.1. The zero-order valence-corrected chi connectivity index (χ0v) is 25.5. The maximum atomic E-state index is 14.5. The normalized spacial score (nSPS) is 13.6. The molecule has 5 aromatic rings. The number of rotatable bonds is 8. The fourth-order valence-corrected chi connectivity index (χ4v) is 5.90. The Hall–Kier alpha value is -5.71. The van der Waals surface area contributed by atoms with Crippen molar-refractivity contribution in [1.29, 1.82) is 0 Å². The van der Waals surface area contributed by atoms with Crippen molar-refractivity contribution in [3.63, 3.8) is 0 Å². The molecule has 0 aliphatic carbocycles. The Balaban J connectivity index is 1.25. The van der Waals surface area contributed by atoms with Gasteiger partial charge in [-0.3, -0.25) is 14.4 Å². The molecule has 1 saturated heterocycles. The van der Waals surface area contributed by atoms with E-state index in [0.717, 1.165) is 27.1 Å². The zero-order chi connectivity index (χ0) is 33.9. The number of aliphatic hydroxyl groups excluding tert-OH is 1. The van der Waals surface area contributed by atoms with Crippen LogP contribution in [-0.4, -0.2) is 52.4 Å². The van der Waals surface area contributed by atoms with E-state index in [0.29, 0.717) is 31.3 Å². The molecule has 1 amide bonds. The molecule has 11 heteroatoms. The van der Waals surface area contributed by atoms with Crippen molar-refractivity contribution in [2.75, 3.05) is 31.1 Å². The van der Waals surface area contributed by atoms with Crippen molar-refractivity contribution < 1.29 is 32.3 Å². The van der Waals surface area contributed by atoms with Gasteiger partial charge in [0.1, 0.15) is 29.0 Å². The van der Waals surface area contributed by atoms with Gasteiger partial charge < -0.3 is 19.5 Å². The number of hydrogen-bond donors (Lipinski definition) is 1. The van der Waals surface area contributed by atoms with E-state index in [4.69, 9.17) is 0 Å². The molecule has 4 aromatic carbocycles. The molecule has 0 bridgehead atoms. The Morgan fingerprint density at radius 2 is 1.46 bits per heavy atom. The largest absolute Gasteiger partial charge is 0.507 e. The summed E-state index contributed by atoms with van der Waals surface area (Å²) >= 11 is 0. The molecule has 0 unspecified atom stereocenters. The van der Waals surface area contributed by atoms with Gasteiger partial charge in [0.05, 0.1) is 12.1 Å². The Morgan fingerprint density at radius 3 is 2.19 bits per heavy atom. The first-order chi connectivity index (χ1) is 23.1. The van der Waals surface area contributed by atoms with Crippen LogP contribution in [0.2, 0.25) is 0 Å². The molecule has 244 valence electrons. The summed E-state index contributed by atoms with van der Waals surface area (Å²) in [6.45, 7) is 1.08. The second kappa shape index (κ2) is 13.6. The van der Waals surface area contributed by atoms with Crippen LogP contribution in [0, 0.1) is 23.3 Å². The van der Waals surface area contributed by atoms with Crippen molar-refractivity contribution in [2.45, 2.75) is 13.0 Å². The number of carbonyl (C=O) groups is 2. The highest BCUT2D eigenvalue weighted by Gasteiger charge is 2.27. The molecule has 1 aromatic heterocycles. The van der Waals surface area contributed by atoms with E-state index in [1.165, 1.54) is 29.3 Å². The van der Waals surface area contributed by atoms with E-state index in [9.17, 15) is 37.1 Å². The SMILES string of the molecule is O=C(C=C(O)c1cc(Cc2c(F)cc(F)cc2F)cn(Cc2ccccc2F)c1=O)C(=O)N1CCN(c2cccc3ccccc23)CC1. The Bertz CT molecular complexity index is 2110. The Morgan fingerprint density at radius 1 is 0.792 bits per heavy atom. The van der Waals surface area contributed by atoms with Gasteiger partial charge in [-0.25, -0.2) is 17.6 Å². The van der Waals surface area contributed by atoms with Crippen LogP contribution in [0.3, 0.4) is 0 Å². The lowest BCUT2D eigenvalue weighted by Crippen LogP contribution is -2.50. The lowest BCUT2D eigenvalue weighted by Gasteiger charge is -2.36. The molecule has 0 radical (unpaired) electrons. The highest BCUT2D eigenvalue weighted by Crippen LogP contribution is 2.28. The molecule has 7 nitrogen and oxygen atoms in total. The number of anilines is 1. The predicted octanol–water partition coefficient (Wildman–Crippen LogP) is 6.01. The van der Waals surface area contributed by atoms with Crippen molar-refractivity contribution in [1.82, 2.24) is 9.47 Å². The fraction of sp³-hybridized carbons (Fsp3) is 0.162. The standard InChI is InChI=1S/C37H29F4N3O4/c38-26-18-31(40)28(32(41)19-26)16-23-17-29(36(47)44(21-23)22-25-7-2-4-10-30(25)39)34(45)20-35(46)37(48)43-14-12-42(13-15-43)33-11-5-8-24-6-1-3-9-27(24)33/h1-11,17-21,45H,12-16,22H2. The summed E-state index contributed by atoms with van der Waals surface area (Å²) in [6, 6.07) is 21.7. The van der Waals surface area contributed by atoms with Gasteiger partial charge in [-0.15, -0.1) is 0 Å². The molecule has 6 rings (SSSR count). The smallest absolute Gasteiger partial charge is 0.294 e. The van der Waals surface area contributed by atoms with Crippen LogP contribution in [0.15, 0.2) is 102 Å². The van der Waals surface area contributed by atoms with Gasteiger partial charge in [0.15, 0.2) is 0 Å². The molecule has 1 aliphatic rings. The van der Waals surface area contributed by atoms with E-state index >= 15 is 0 Å². The number of aromatic nitrogens is 1. The average Bonchev–Trinajstić information content (AvgIpc) is 3.08. The monoisotopic (exact) mass is 655 g/mol. The molecule has 0 saturated carbocycles. The fourth-order valence-electron chi connectivity index (χ4n) is 5.90. The van der Waals surface area contributed by atoms with Crippen LogP contribution in [0.5, 0.6) is 0 Å². The summed E-state index contributed by atoms with van der Waals surface area (Å²) in [5.41, 5.74) is -0.590. The third-order valence-corrected chi connectivity index (χ3v) is 8.36. The minimum Gasteiger partial charge on any atom is -0.507 e. The van der Waals surface area contributed by atoms with Gasteiger partial charge in [0.2, 0.25) is 5.78 Å². The molecule has 1 fully saturated rings. The number of carbonyl (C=O) groups excluding carboxylic acids is 2. The van der Waals surface area contributed by atoms with Crippen LogP contribution in [0.1, 0.15) is 22.3 Å². The van der Waals surface area contributed by atoms with E-state index in [-0.39, 0.29) is 30.8 Å². The van der Waals surface area contributed by atoms with Crippen molar-refractivity contribution >= 4 is 33.9 Å². The highest BCUT2D eigenvalue weighted by molar-refractivity contribution is 6.41. The topological polar surface area (TPSA) is 82.8 Å². The van der Waals surface area contributed by atoms with Crippen molar-refractivity contribution in [3.8, 4) is 0 Å². The van der Waals surface area contributed by atoms with Crippen LogP contribution >= 0.6 is 0 Å². The summed E-state index contributed by atoms with van der Waals surface area (Å²) in [5, 5.41) is 13.1. The third-order valence-electron chi connectivity index (χ3n) is 8.36. The summed E-state index contributed by atoms with van der Waals surface area (Å²) < 4.78 is 58.1. The predicted molar refractivity (Wildman–Crippen MR) is 174 cm³/mol. The number of benzene rings is 4. The Labute approximate surface area is 272 Å². The first-order valence-electron chi connectivity index (χ1n) is 15.2. The van der Waals surface area contributed by atoms with Gasteiger partial charge >= 0.3 is 0 Å². The number of piperazine rings is 1.